The van der Waals surface area contributed by atoms with E-state index >= 15 is 0 Å². The minimum absolute atomic E-state index is 0.0734. The number of carbonyl (C=O) groups is 1. The molecule has 0 radical (unpaired) electrons. The van der Waals surface area contributed by atoms with Crippen LogP contribution in [-0.4, -0.2) is 28.0 Å². The number of rotatable bonds is 5. The van der Waals surface area contributed by atoms with Crippen molar-refractivity contribution in [3.8, 4) is 5.75 Å². The SMILES string of the molecule is COc1cc(C)ccc1NC(=O)Cn1cc(CN)nn1. The van der Waals surface area contributed by atoms with E-state index in [-0.39, 0.29) is 12.5 Å². The van der Waals surface area contributed by atoms with Crippen LogP contribution in [0.2, 0.25) is 0 Å². The second-order valence-electron chi connectivity index (χ2n) is 4.36. The average molecular weight is 275 g/mol. The highest BCUT2D eigenvalue weighted by atomic mass is 16.5. The molecule has 0 aliphatic rings. The number of nitrogens with zero attached hydrogens (tertiary/aromatic N) is 3. The van der Waals surface area contributed by atoms with E-state index in [2.05, 4.69) is 15.6 Å². The molecule has 20 heavy (non-hydrogen) atoms. The Balaban J connectivity index is 2.04. The molecule has 1 aromatic carbocycles. The fourth-order valence-corrected chi connectivity index (χ4v) is 1.75. The Morgan fingerprint density at radius 2 is 2.30 bits per heavy atom. The van der Waals surface area contributed by atoms with E-state index in [1.165, 1.54) is 4.68 Å². The van der Waals surface area contributed by atoms with Crippen LogP contribution in [-0.2, 0) is 17.9 Å². The number of anilines is 1. The molecular formula is C13H17N5O2. The lowest BCUT2D eigenvalue weighted by molar-refractivity contribution is -0.116. The minimum atomic E-state index is -0.208. The predicted molar refractivity (Wildman–Crippen MR) is 74.3 cm³/mol. The van der Waals surface area contributed by atoms with Crippen molar-refractivity contribution < 1.29 is 9.53 Å². The van der Waals surface area contributed by atoms with E-state index in [4.69, 9.17) is 10.5 Å². The lowest BCUT2D eigenvalue weighted by atomic mass is 10.2. The summed E-state index contributed by atoms with van der Waals surface area (Å²) in [6.45, 7) is 2.33. The van der Waals surface area contributed by atoms with Gasteiger partial charge in [0.1, 0.15) is 12.3 Å². The number of hydrogen-bond donors (Lipinski definition) is 2. The maximum Gasteiger partial charge on any atom is 0.246 e. The van der Waals surface area contributed by atoms with Crippen molar-refractivity contribution in [1.82, 2.24) is 15.0 Å². The number of benzene rings is 1. The number of ether oxygens (including phenoxy) is 1. The standard InChI is InChI=1S/C13H17N5O2/c1-9-3-4-11(12(5-9)20-2)15-13(19)8-18-7-10(6-14)16-17-18/h3-5,7H,6,8,14H2,1-2H3,(H,15,19). The molecular weight excluding hydrogens is 258 g/mol. The molecule has 3 N–H and O–H groups in total. The molecule has 7 nitrogen and oxygen atoms in total. The van der Waals surface area contributed by atoms with Gasteiger partial charge in [-0.2, -0.15) is 0 Å². The minimum Gasteiger partial charge on any atom is -0.495 e. The summed E-state index contributed by atoms with van der Waals surface area (Å²) in [6, 6.07) is 5.57. The van der Waals surface area contributed by atoms with Crippen LogP contribution in [0.15, 0.2) is 24.4 Å². The fraction of sp³-hybridized carbons (Fsp3) is 0.308. The van der Waals surface area contributed by atoms with Gasteiger partial charge in [-0.25, -0.2) is 4.68 Å². The van der Waals surface area contributed by atoms with Crippen molar-refractivity contribution in [3.63, 3.8) is 0 Å². The van der Waals surface area contributed by atoms with Crippen LogP contribution in [0.1, 0.15) is 11.3 Å². The monoisotopic (exact) mass is 275 g/mol. The molecule has 0 aliphatic carbocycles. The Labute approximate surface area is 116 Å². The van der Waals surface area contributed by atoms with Crippen molar-refractivity contribution in [2.24, 2.45) is 5.73 Å². The molecule has 7 heteroatoms. The molecule has 0 aliphatic heterocycles. The highest BCUT2D eigenvalue weighted by molar-refractivity contribution is 5.92. The summed E-state index contributed by atoms with van der Waals surface area (Å²) in [6.07, 6.45) is 1.64. The third-order valence-electron chi connectivity index (χ3n) is 2.73. The second-order valence-corrected chi connectivity index (χ2v) is 4.36. The molecule has 0 saturated carbocycles. The number of hydrogen-bond acceptors (Lipinski definition) is 5. The van der Waals surface area contributed by atoms with Gasteiger partial charge in [0.25, 0.3) is 0 Å². The zero-order valence-electron chi connectivity index (χ0n) is 11.5. The smallest absolute Gasteiger partial charge is 0.246 e. The molecule has 1 amide bonds. The van der Waals surface area contributed by atoms with Gasteiger partial charge in [0, 0.05) is 6.54 Å². The van der Waals surface area contributed by atoms with Crippen molar-refractivity contribution in [2.45, 2.75) is 20.0 Å². The molecule has 2 rings (SSSR count). The Morgan fingerprint density at radius 1 is 1.50 bits per heavy atom. The molecule has 0 spiro atoms. The van der Waals surface area contributed by atoms with Crippen LogP contribution in [0.25, 0.3) is 0 Å². The van der Waals surface area contributed by atoms with Gasteiger partial charge in [-0.1, -0.05) is 11.3 Å². The Hall–Kier alpha value is -2.41. The van der Waals surface area contributed by atoms with Crippen LogP contribution < -0.4 is 15.8 Å². The average Bonchev–Trinajstić information content (AvgIpc) is 2.88. The number of aryl methyl sites for hydroxylation is 1. The number of carbonyl (C=O) groups excluding carboxylic acids is 1. The van der Waals surface area contributed by atoms with Crippen LogP contribution >= 0.6 is 0 Å². The number of nitrogens with two attached hydrogens (primary N) is 1. The molecule has 0 atom stereocenters. The summed E-state index contributed by atoms with van der Waals surface area (Å²) in [5.74, 6) is 0.417. The van der Waals surface area contributed by atoms with E-state index in [1.807, 2.05) is 19.1 Å². The summed E-state index contributed by atoms with van der Waals surface area (Å²) in [5.41, 5.74) is 7.77. The summed E-state index contributed by atoms with van der Waals surface area (Å²) in [7, 11) is 1.56. The first-order valence-corrected chi connectivity index (χ1v) is 6.16. The molecule has 1 heterocycles. The van der Waals surface area contributed by atoms with Gasteiger partial charge in [0.15, 0.2) is 0 Å². The Morgan fingerprint density at radius 3 is 2.95 bits per heavy atom. The predicted octanol–water partition coefficient (Wildman–Crippen LogP) is 0.693. The van der Waals surface area contributed by atoms with Gasteiger partial charge in [0.2, 0.25) is 5.91 Å². The van der Waals surface area contributed by atoms with E-state index in [1.54, 1.807) is 19.4 Å². The molecule has 0 fully saturated rings. The third kappa shape index (κ3) is 3.33. The van der Waals surface area contributed by atoms with E-state index in [0.717, 1.165) is 5.56 Å². The number of aromatic nitrogens is 3. The highest BCUT2D eigenvalue weighted by Gasteiger charge is 2.09. The van der Waals surface area contributed by atoms with Crippen molar-refractivity contribution >= 4 is 11.6 Å². The maximum absolute atomic E-state index is 11.9. The van der Waals surface area contributed by atoms with Crippen LogP contribution in [0.3, 0.4) is 0 Å². The normalized spacial score (nSPS) is 10.3. The summed E-state index contributed by atoms with van der Waals surface area (Å²) in [5, 5.41) is 10.4. The Kier molecular flexibility index (Phi) is 4.31. The van der Waals surface area contributed by atoms with Crippen molar-refractivity contribution in [3.05, 3.63) is 35.7 Å². The van der Waals surface area contributed by atoms with Crippen LogP contribution in [0.5, 0.6) is 5.75 Å². The third-order valence-corrected chi connectivity index (χ3v) is 2.73. The topological polar surface area (TPSA) is 95.1 Å². The molecule has 1 aromatic heterocycles. The van der Waals surface area contributed by atoms with E-state index in [0.29, 0.717) is 23.7 Å². The van der Waals surface area contributed by atoms with Gasteiger partial charge >= 0.3 is 0 Å². The lowest BCUT2D eigenvalue weighted by Crippen LogP contribution is -2.19. The fourth-order valence-electron chi connectivity index (χ4n) is 1.75. The summed E-state index contributed by atoms with van der Waals surface area (Å²) >= 11 is 0. The van der Waals surface area contributed by atoms with Crippen molar-refractivity contribution in [1.29, 1.82) is 0 Å². The van der Waals surface area contributed by atoms with Crippen molar-refractivity contribution in [2.75, 3.05) is 12.4 Å². The molecule has 0 unspecified atom stereocenters. The first kappa shape index (κ1) is 14.0. The van der Waals surface area contributed by atoms with E-state index < -0.39 is 0 Å². The number of amides is 1. The second kappa shape index (κ2) is 6.16. The summed E-state index contributed by atoms with van der Waals surface area (Å²) in [4.78, 5) is 11.9. The quantitative estimate of drug-likeness (QED) is 0.837. The van der Waals surface area contributed by atoms with Gasteiger partial charge in [-0.05, 0) is 24.6 Å². The Bertz CT molecular complexity index is 609. The summed E-state index contributed by atoms with van der Waals surface area (Å²) < 4.78 is 6.68. The zero-order valence-corrected chi connectivity index (χ0v) is 11.5. The molecule has 2 aromatic rings. The highest BCUT2D eigenvalue weighted by Crippen LogP contribution is 2.25. The lowest BCUT2D eigenvalue weighted by Gasteiger charge is -2.10. The zero-order chi connectivity index (χ0) is 14.5. The van der Waals surface area contributed by atoms with E-state index in [9.17, 15) is 4.79 Å². The largest absolute Gasteiger partial charge is 0.495 e. The number of methoxy groups -OCH3 is 1. The molecule has 0 saturated heterocycles. The van der Waals surface area contributed by atoms with Crippen LogP contribution in [0.4, 0.5) is 5.69 Å². The van der Waals surface area contributed by atoms with Gasteiger partial charge in [-0.15, -0.1) is 5.10 Å². The maximum atomic E-state index is 11.9. The van der Waals surface area contributed by atoms with Gasteiger partial charge in [0.05, 0.1) is 24.7 Å². The molecule has 106 valence electrons. The van der Waals surface area contributed by atoms with Crippen LogP contribution in [0, 0.1) is 6.92 Å². The first-order valence-electron chi connectivity index (χ1n) is 6.16. The number of nitrogens with one attached hydrogen (secondary N) is 1. The first-order chi connectivity index (χ1) is 9.62. The van der Waals surface area contributed by atoms with Gasteiger partial charge < -0.3 is 15.8 Å². The molecule has 0 bridgehead atoms. The van der Waals surface area contributed by atoms with Gasteiger partial charge in [-0.3, -0.25) is 4.79 Å².